The molecule has 110 valence electrons. The molecule has 3 aromatic heterocycles. The smallest absolute Gasteiger partial charge is 0.254 e. The van der Waals surface area contributed by atoms with Crippen molar-refractivity contribution in [2.24, 2.45) is 0 Å². The van der Waals surface area contributed by atoms with Gasteiger partial charge in [-0.2, -0.15) is 4.98 Å². The number of nitrogens with one attached hydrogen (secondary N) is 1. The van der Waals surface area contributed by atoms with Crippen LogP contribution in [-0.4, -0.2) is 28.8 Å². The zero-order valence-corrected chi connectivity index (χ0v) is 13.5. The Balaban J connectivity index is 1.94. The molecule has 3 rings (SSSR count). The summed E-state index contributed by atoms with van der Waals surface area (Å²) < 4.78 is 24.6. The summed E-state index contributed by atoms with van der Waals surface area (Å²) in [7, 11) is -3.51. The molecule has 0 amide bonds. The van der Waals surface area contributed by atoms with Gasteiger partial charge in [-0.05, 0) is 22.9 Å². The van der Waals surface area contributed by atoms with Crippen molar-refractivity contribution in [1.82, 2.24) is 14.2 Å². The van der Waals surface area contributed by atoms with Gasteiger partial charge in [0.2, 0.25) is 5.95 Å². The minimum absolute atomic E-state index is 0.231. The molecule has 0 fully saturated rings. The Morgan fingerprint density at radius 3 is 2.62 bits per heavy atom. The maximum atomic E-state index is 11.8. The lowest BCUT2D eigenvalue weighted by Crippen LogP contribution is -2.16. The van der Waals surface area contributed by atoms with Gasteiger partial charge in [0.1, 0.15) is 0 Å². The Kier molecular flexibility index (Phi) is 3.79. The molecular formula is C12H12N4O2S3. The molecule has 0 aliphatic rings. The van der Waals surface area contributed by atoms with Crippen LogP contribution < -0.4 is 5.32 Å². The molecule has 0 aromatic carbocycles. The lowest BCUT2D eigenvalue weighted by atomic mass is 10.4. The quantitative estimate of drug-likeness (QED) is 0.772. The summed E-state index contributed by atoms with van der Waals surface area (Å²) in [5.74, 6) is 0.637. The van der Waals surface area contributed by atoms with Crippen LogP contribution in [0.3, 0.4) is 0 Å². The first-order valence-corrected chi connectivity index (χ1v) is 9.62. The van der Waals surface area contributed by atoms with Crippen LogP contribution in [0.15, 0.2) is 35.0 Å². The SMILES string of the molecule is CS(=O)(=O)n1nc(-c2cccs2)nc1NCc1cccs1. The van der Waals surface area contributed by atoms with E-state index < -0.39 is 10.0 Å². The number of aromatic nitrogens is 3. The zero-order chi connectivity index (χ0) is 14.9. The van der Waals surface area contributed by atoms with E-state index in [9.17, 15) is 8.42 Å². The molecule has 0 radical (unpaired) electrons. The molecule has 0 unspecified atom stereocenters. The number of rotatable bonds is 5. The Morgan fingerprint density at radius 2 is 2.00 bits per heavy atom. The summed E-state index contributed by atoms with van der Waals surface area (Å²) in [6.45, 7) is 0.510. The van der Waals surface area contributed by atoms with Crippen LogP contribution in [0.1, 0.15) is 4.88 Å². The van der Waals surface area contributed by atoms with Crippen molar-refractivity contribution in [1.29, 1.82) is 0 Å². The highest BCUT2D eigenvalue weighted by Gasteiger charge is 2.18. The van der Waals surface area contributed by atoms with Crippen LogP contribution in [-0.2, 0) is 16.6 Å². The summed E-state index contributed by atoms with van der Waals surface area (Å²) in [4.78, 5) is 6.22. The van der Waals surface area contributed by atoms with Gasteiger partial charge in [-0.15, -0.1) is 31.9 Å². The molecule has 0 saturated heterocycles. The number of anilines is 1. The first-order valence-electron chi connectivity index (χ1n) is 6.02. The second-order valence-corrected chi connectivity index (χ2v) is 8.07. The predicted octanol–water partition coefficient (Wildman–Crippen LogP) is 2.49. The molecule has 0 bridgehead atoms. The third-order valence-electron chi connectivity index (χ3n) is 2.64. The molecule has 6 nitrogen and oxygen atoms in total. The fourth-order valence-electron chi connectivity index (χ4n) is 1.73. The van der Waals surface area contributed by atoms with E-state index in [-0.39, 0.29) is 5.95 Å². The molecule has 0 aliphatic heterocycles. The van der Waals surface area contributed by atoms with Crippen LogP contribution in [0.2, 0.25) is 0 Å². The maximum absolute atomic E-state index is 11.8. The average Bonchev–Trinajstić information content (AvgIpc) is 3.16. The number of hydrogen-bond donors (Lipinski definition) is 1. The van der Waals surface area contributed by atoms with Crippen LogP contribution in [0, 0.1) is 0 Å². The van der Waals surface area contributed by atoms with Crippen molar-refractivity contribution in [3.8, 4) is 10.7 Å². The molecule has 9 heteroatoms. The van der Waals surface area contributed by atoms with Crippen molar-refractivity contribution >= 4 is 38.6 Å². The van der Waals surface area contributed by atoms with E-state index in [0.717, 1.165) is 20.1 Å². The number of nitrogens with zero attached hydrogens (tertiary/aromatic N) is 3. The van der Waals surface area contributed by atoms with Gasteiger partial charge < -0.3 is 5.32 Å². The maximum Gasteiger partial charge on any atom is 0.254 e. The van der Waals surface area contributed by atoms with E-state index in [0.29, 0.717) is 12.4 Å². The minimum atomic E-state index is -3.51. The normalized spacial score (nSPS) is 11.7. The monoisotopic (exact) mass is 340 g/mol. The first kappa shape index (κ1) is 14.2. The van der Waals surface area contributed by atoms with E-state index in [1.165, 1.54) is 11.3 Å². The van der Waals surface area contributed by atoms with Crippen LogP contribution in [0.5, 0.6) is 0 Å². The standard InChI is InChI=1S/C12H12N4O2S3/c1-21(17,18)16-12(13-8-9-4-2-6-19-9)14-11(15-16)10-5-3-7-20-10/h2-7H,8H2,1H3,(H,13,14,15). The van der Waals surface area contributed by atoms with Crippen LogP contribution in [0.4, 0.5) is 5.95 Å². The van der Waals surface area contributed by atoms with Gasteiger partial charge in [0.15, 0.2) is 5.82 Å². The molecule has 0 saturated carbocycles. The Hall–Kier alpha value is -1.71. The second-order valence-electron chi connectivity index (χ2n) is 4.28. The van der Waals surface area contributed by atoms with Crippen molar-refractivity contribution in [3.63, 3.8) is 0 Å². The summed E-state index contributed by atoms with van der Waals surface area (Å²) in [5, 5.41) is 11.0. The third-order valence-corrected chi connectivity index (χ3v) is 5.26. The molecule has 21 heavy (non-hydrogen) atoms. The van der Waals surface area contributed by atoms with E-state index in [4.69, 9.17) is 0 Å². The summed E-state index contributed by atoms with van der Waals surface area (Å²) in [5.41, 5.74) is 0. The third kappa shape index (κ3) is 3.14. The average molecular weight is 340 g/mol. The molecular weight excluding hydrogens is 328 g/mol. The minimum Gasteiger partial charge on any atom is -0.349 e. The van der Waals surface area contributed by atoms with E-state index >= 15 is 0 Å². The highest BCUT2D eigenvalue weighted by Crippen LogP contribution is 2.24. The van der Waals surface area contributed by atoms with Crippen LogP contribution in [0.25, 0.3) is 10.7 Å². The highest BCUT2D eigenvalue weighted by molar-refractivity contribution is 7.89. The predicted molar refractivity (Wildman–Crippen MR) is 85.2 cm³/mol. The molecule has 1 N–H and O–H groups in total. The second kappa shape index (κ2) is 5.58. The molecule has 3 heterocycles. The van der Waals surface area contributed by atoms with Crippen molar-refractivity contribution < 1.29 is 8.42 Å². The van der Waals surface area contributed by atoms with Gasteiger partial charge in [-0.3, -0.25) is 0 Å². The van der Waals surface area contributed by atoms with E-state index in [1.807, 2.05) is 35.0 Å². The van der Waals surface area contributed by atoms with Gasteiger partial charge in [0.25, 0.3) is 10.0 Å². The topological polar surface area (TPSA) is 76.9 Å². The van der Waals surface area contributed by atoms with Gasteiger partial charge in [0, 0.05) is 4.88 Å². The number of thiophene rings is 2. The molecule has 0 aliphatic carbocycles. The summed E-state index contributed by atoms with van der Waals surface area (Å²) in [6.07, 6.45) is 1.11. The van der Waals surface area contributed by atoms with Gasteiger partial charge in [-0.1, -0.05) is 12.1 Å². The van der Waals surface area contributed by atoms with Crippen molar-refractivity contribution in [3.05, 3.63) is 39.9 Å². The van der Waals surface area contributed by atoms with Gasteiger partial charge >= 0.3 is 0 Å². The fourth-order valence-corrected chi connectivity index (χ4v) is 3.67. The molecule has 3 aromatic rings. The molecule has 0 spiro atoms. The van der Waals surface area contributed by atoms with Gasteiger partial charge in [-0.25, -0.2) is 8.42 Å². The fraction of sp³-hybridized carbons (Fsp3) is 0.167. The Bertz CT molecular complexity index is 820. The van der Waals surface area contributed by atoms with E-state index in [2.05, 4.69) is 15.4 Å². The Labute approximate surface area is 130 Å². The first-order chi connectivity index (χ1) is 10.0. The largest absolute Gasteiger partial charge is 0.349 e. The highest BCUT2D eigenvalue weighted by atomic mass is 32.2. The van der Waals surface area contributed by atoms with Crippen LogP contribution >= 0.6 is 22.7 Å². The number of hydrogen-bond acceptors (Lipinski definition) is 7. The van der Waals surface area contributed by atoms with E-state index in [1.54, 1.807) is 11.3 Å². The zero-order valence-electron chi connectivity index (χ0n) is 11.1. The van der Waals surface area contributed by atoms with Crippen molar-refractivity contribution in [2.75, 3.05) is 11.6 Å². The van der Waals surface area contributed by atoms with Crippen molar-refractivity contribution in [2.45, 2.75) is 6.54 Å². The Morgan fingerprint density at radius 1 is 1.24 bits per heavy atom. The summed E-state index contributed by atoms with van der Waals surface area (Å²) in [6, 6.07) is 7.65. The van der Waals surface area contributed by atoms with Gasteiger partial charge in [0.05, 0.1) is 17.7 Å². The molecule has 0 atom stereocenters. The lowest BCUT2D eigenvalue weighted by Gasteiger charge is -2.04. The lowest BCUT2D eigenvalue weighted by molar-refractivity contribution is 0.587. The summed E-state index contributed by atoms with van der Waals surface area (Å²) >= 11 is 3.06.